The normalized spacial score (nSPS) is 19.4. The molecule has 0 aliphatic carbocycles. The first-order valence-corrected chi connectivity index (χ1v) is 9.47. The lowest BCUT2D eigenvalue weighted by Gasteiger charge is -2.38. The number of amides is 3. The molecule has 4 rings (SSSR count). The second kappa shape index (κ2) is 7.29. The third-order valence-electron chi connectivity index (χ3n) is 5.78. The molecule has 6 heteroatoms. The third kappa shape index (κ3) is 2.99. The average molecular weight is 367 g/mol. The summed E-state index contributed by atoms with van der Waals surface area (Å²) < 4.78 is 5.19. The van der Waals surface area contributed by atoms with Crippen LogP contribution in [0.5, 0.6) is 0 Å². The van der Waals surface area contributed by atoms with Crippen LogP contribution in [-0.4, -0.2) is 60.6 Å². The highest BCUT2D eigenvalue weighted by atomic mass is 16.5. The molecule has 0 atom stereocenters. The molecule has 2 heterocycles. The number of nitrogens with one attached hydrogen (secondary N) is 1. The molecule has 6 nitrogen and oxygen atoms in total. The van der Waals surface area contributed by atoms with E-state index in [9.17, 15) is 9.59 Å². The maximum atomic E-state index is 13.4. The van der Waals surface area contributed by atoms with Crippen molar-refractivity contribution in [3.63, 3.8) is 0 Å². The highest BCUT2D eigenvalue weighted by Gasteiger charge is 2.56. The van der Waals surface area contributed by atoms with Gasteiger partial charge in [-0.05, 0) is 42.3 Å². The first-order valence-electron chi connectivity index (χ1n) is 9.47. The maximum Gasteiger partial charge on any atom is 0.328 e. The average Bonchev–Trinajstić information content (AvgIpc) is 2.89. The van der Waals surface area contributed by atoms with Gasteiger partial charge < -0.3 is 15.0 Å². The summed E-state index contributed by atoms with van der Waals surface area (Å²) >= 11 is 0. The minimum absolute atomic E-state index is 0.0713. The van der Waals surface area contributed by atoms with Crippen molar-refractivity contribution < 1.29 is 14.3 Å². The Bertz CT molecular complexity index is 855. The smallest absolute Gasteiger partial charge is 0.328 e. The van der Waals surface area contributed by atoms with Crippen LogP contribution in [0.4, 0.5) is 4.79 Å². The lowest BCUT2D eigenvalue weighted by Crippen LogP contribution is -2.56. The van der Waals surface area contributed by atoms with Crippen molar-refractivity contribution in [2.45, 2.75) is 24.9 Å². The highest BCUT2D eigenvalue weighted by Crippen LogP contribution is 2.36. The molecule has 1 N–H and O–H groups in total. The van der Waals surface area contributed by atoms with Gasteiger partial charge >= 0.3 is 6.03 Å². The number of carbonyl (C=O) groups excluding carboxylic acids is 2. The van der Waals surface area contributed by atoms with Gasteiger partial charge in [-0.15, -0.1) is 0 Å². The standard InChI is InChI=1S/C21H25N3O3/c1-27-14-13-24-20(26)23(19(25)21(24)9-11-22-12-10-21)15-17-7-4-6-16-5-2-3-8-18(16)17/h2-8,22H,9-15H2,1H3. The number of carbonyl (C=O) groups is 2. The number of imide groups is 1. The molecule has 0 radical (unpaired) electrons. The van der Waals surface area contributed by atoms with Gasteiger partial charge in [0.15, 0.2) is 0 Å². The Balaban J connectivity index is 1.68. The fraction of sp³-hybridized carbons (Fsp3) is 0.429. The van der Waals surface area contributed by atoms with E-state index in [2.05, 4.69) is 5.32 Å². The first-order chi connectivity index (χ1) is 13.2. The number of nitrogens with zero attached hydrogens (tertiary/aromatic N) is 2. The van der Waals surface area contributed by atoms with E-state index < -0.39 is 5.54 Å². The molecule has 1 spiro atoms. The van der Waals surface area contributed by atoms with Crippen LogP contribution in [0.2, 0.25) is 0 Å². The molecule has 0 unspecified atom stereocenters. The van der Waals surface area contributed by atoms with Gasteiger partial charge in [-0.3, -0.25) is 9.69 Å². The molecular weight excluding hydrogens is 342 g/mol. The van der Waals surface area contributed by atoms with E-state index in [0.29, 0.717) is 32.5 Å². The molecule has 2 aliphatic heterocycles. The number of hydrogen-bond donors (Lipinski definition) is 1. The Morgan fingerprint density at radius 1 is 1.07 bits per heavy atom. The van der Waals surface area contributed by atoms with Gasteiger partial charge in [-0.25, -0.2) is 4.79 Å². The first kappa shape index (κ1) is 17.9. The molecule has 2 aromatic carbocycles. The van der Waals surface area contributed by atoms with Crippen molar-refractivity contribution in [3.05, 3.63) is 48.0 Å². The second-order valence-corrected chi connectivity index (χ2v) is 7.24. The van der Waals surface area contributed by atoms with Crippen LogP contribution in [0, 0.1) is 0 Å². The van der Waals surface area contributed by atoms with Crippen LogP contribution in [-0.2, 0) is 16.1 Å². The molecule has 3 amide bonds. The molecule has 2 fully saturated rings. The van der Waals surface area contributed by atoms with Gasteiger partial charge in [0.1, 0.15) is 5.54 Å². The zero-order chi connectivity index (χ0) is 18.9. The predicted molar refractivity (Wildman–Crippen MR) is 103 cm³/mol. The third-order valence-corrected chi connectivity index (χ3v) is 5.78. The maximum absolute atomic E-state index is 13.4. The van der Waals surface area contributed by atoms with Gasteiger partial charge in [0.05, 0.1) is 13.2 Å². The fourth-order valence-electron chi connectivity index (χ4n) is 4.34. The Kier molecular flexibility index (Phi) is 4.85. The van der Waals surface area contributed by atoms with Crippen molar-refractivity contribution in [2.75, 3.05) is 33.4 Å². The molecule has 2 aromatic rings. The summed E-state index contributed by atoms with van der Waals surface area (Å²) in [5.41, 5.74) is 0.262. The fourth-order valence-corrected chi connectivity index (χ4v) is 4.34. The number of rotatable bonds is 5. The van der Waals surface area contributed by atoms with E-state index >= 15 is 0 Å². The van der Waals surface area contributed by atoms with Crippen LogP contribution in [0.25, 0.3) is 10.8 Å². The van der Waals surface area contributed by atoms with Crippen LogP contribution >= 0.6 is 0 Å². The van der Waals surface area contributed by atoms with Crippen molar-refractivity contribution in [1.82, 2.24) is 15.1 Å². The predicted octanol–water partition coefficient (Wildman–Crippen LogP) is 2.37. The number of hydrogen-bond acceptors (Lipinski definition) is 4. The Morgan fingerprint density at radius 3 is 2.59 bits per heavy atom. The Hall–Kier alpha value is -2.44. The molecule has 0 saturated carbocycles. The van der Waals surface area contributed by atoms with Crippen LogP contribution in [0.3, 0.4) is 0 Å². The summed E-state index contributed by atoms with van der Waals surface area (Å²) in [6.45, 7) is 2.65. The number of piperidine rings is 1. The second-order valence-electron chi connectivity index (χ2n) is 7.24. The summed E-state index contributed by atoms with van der Waals surface area (Å²) in [5, 5.41) is 5.49. The lowest BCUT2D eigenvalue weighted by molar-refractivity contribution is -0.135. The largest absolute Gasteiger partial charge is 0.383 e. The van der Waals surface area contributed by atoms with Crippen LogP contribution < -0.4 is 5.32 Å². The monoisotopic (exact) mass is 367 g/mol. The lowest BCUT2D eigenvalue weighted by atomic mass is 9.86. The van der Waals surface area contributed by atoms with E-state index in [4.69, 9.17) is 4.74 Å². The number of ether oxygens (including phenoxy) is 1. The van der Waals surface area contributed by atoms with Crippen molar-refractivity contribution >= 4 is 22.7 Å². The summed E-state index contributed by atoms with van der Waals surface area (Å²) in [6.07, 6.45) is 1.29. The van der Waals surface area contributed by atoms with Gasteiger partial charge in [0, 0.05) is 13.7 Å². The van der Waals surface area contributed by atoms with Gasteiger partial charge in [-0.2, -0.15) is 0 Å². The highest BCUT2D eigenvalue weighted by molar-refractivity contribution is 6.07. The molecule has 0 aromatic heterocycles. The number of benzene rings is 2. The SMILES string of the molecule is COCCN1C(=O)N(Cc2cccc3ccccc23)C(=O)C12CCNCC2. The summed E-state index contributed by atoms with van der Waals surface area (Å²) in [5.74, 6) is -0.0713. The zero-order valence-electron chi connectivity index (χ0n) is 15.6. The number of fused-ring (bicyclic) bond motifs is 1. The molecular formula is C21H25N3O3. The van der Waals surface area contributed by atoms with E-state index in [-0.39, 0.29) is 11.9 Å². The minimum atomic E-state index is -0.731. The van der Waals surface area contributed by atoms with E-state index in [1.807, 2.05) is 42.5 Å². The van der Waals surface area contributed by atoms with Gasteiger partial charge in [0.2, 0.25) is 0 Å². The number of urea groups is 1. The van der Waals surface area contributed by atoms with Crippen LogP contribution in [0.1, 0.15) is 18.4 Å². The summed E-state index contributed by atoms with van der Waals surface area (Å²) in [4.78, 5) is 29.8. The molecule has 2 aliphatic rings. The Labute approximate surface area is 159 Å². The Morgan fingerprint density at radius 2 is 1.81 bits per heavy atom. The molecule has 142 valence electrons. The molecule has 2 saturated heterocycles. The molecule has 0 bridgehead atoms. The van der Waals surface area contributed by atoms with Crippen LogP contribution in [0.15, 0.2) is 42.5 Å². The summed E-state index contributed by atoms with van der Waals surface area (Å²) in [7, 11) is 1.62. The van der Waals surface area contributed by atoms with Gasteiger partial charge in [-0.1, -0.05) is 42.5 Å². The topological polar surface area (TPSA) is 61.9 Å². The minimum Gasteiger partial charge on any atom is -0.383 e. The number of methoxy groups -OCH3 is 1. The van der Waals surface area contributed by atoms with Crippen molar-refractivity contribution in [3.8, 4) is 0 Å². The van der Waals surface area contributed by atoms with Crippen molar-refractivity contribution in [1.29, 1.82) is 0 Å². The summed E-state index contributed by atoms with van der Waals surface area (Å²) in [6, 6.07) is 13.9. The molecule has 27 heavy (non-hydrogen) atoms. The van der Waals surface area contributed by atoms with E-state index in [1.54, 1.807) is 12.0 Å². The quantitative estimate of drug-likeness (QED) is 0.825. The van der Waals surface area contributed by atoms with Gasteiger partial charge in [0.25, 0.3) is 5.91 Å². The van der Waals surface area contributed by atoms with E-state index in [1.165, 1.54) is 4.90 Å². The van der Waals surface area contributed by atoms with E-state index in [0.717, 1.165) is 29.4 Å². The zero-order valence-corrected chi connectivity index (χ0v) is 15.6. The van der Waals surface area contributed by atoms with Crippen molar-refractivity contribution in [2.24, 2.45) is 0 Å².